The predicted molar refractivity (Wildman–Crippen MR) is 70.3 cm³/mol. The van der Waals surface area contributed by atoms with Gasteiger partial charge in [0.15, 0.2) is 0 Å². The van der Waals surface area contributed by atoms with E-state index in [4.69, 9.17) is 9.47 Å². The molecule has 2 aliphatic rings. The molecule has 0 heterocycles. The lowest BCUT2D eigenvalue weighted by Crippen LogP contribution is -2.48. The SMILES string of the molecule is COC(=O)C1CC2CCCCC2C(C)C1OC(C)=O. The third-order valence-electron chi connectivity index (χ3n) is 4.92. The summed E-state index contributed by atoms with van der Waals surface area (Å²) in [6, 6.07) is 0. The molecule has 0 amide bonds. The van der Waals surface area contributed by atoms with Gasteiger partial charge in [0.2, 0.25) is 0 Å². The van der Waals surface area contributed by atoms with E-state index in [1.165, 1.54) is 39.7 Å². The van der Waals surface area contributed by atoms with Gasteiger partial charge < -0.3 is 9.47 Å². The Morgan fingerprint density at radius 1 is 1.16 bits per heavy atom. The minimum Gasteiger partial charge on any atom is -0.469 e. The van der Waals surface area contributed by atoms with Crippen molar-refractivity contribution in [1.82, 2.24) is 0 Å². The fraction of sp³-hybridized carbons (Fsp3) is 0.867. The molecule has 19 heavy (non-hydrogen) atoms. The molecule has 0 aliphatic heterocycles. The average Bonchev–Trinajstić information content (AvgIpc) is 2.40. The molecule has 108 valence electrons. The van der Waals surface area contributed by atoms with Crippen molar-refractivity contribution < 1.29 is 19.1 Å². The lowest BCUT2D eigenvalue weighted by molar-refractivity contribution is -0.172. The van der Waals surface area contributed by atoms with Gasteiger partial charge in [-0.15, -0.1) is 0 Å². The molecule has 0 bridgehead atoms. The summed E-state index contributed by atoms with van der Waals surface area (Å²) in [4.78, 5) is 23.3. The van der Waals surface area contributed by atoms with Crippen LogP contribution in [0, 0.1) is 23.7 Å². The molecule has 0 aromatic carbocycles. The number of fused-ring (bicyclic) bond motifs is 1. The summed E-state index contributed by atoms with van der Waals surface area (Å²) in [6.45, 7) is 3.53. The quantitative estimate of drug-likeness (QED) is 0.722. The highest BCUT2D eigenvalue weighted by Gasteiger charge is 2.47. The summed E-state index contributed by atoms with van der Waals surface area (Å²) in [5, 5.41) is 0. The second kappa shape index (κ2) is 5.93. The number of ether oxygens (including phenoxy) is 2. The number of carbonyl (C=O) groups is 2. The highest BCUT2D eigenvalue weighted by molar-refractivity contribution is 5.74. The van der Waals surface area contributed by atoms with E-state index >= 15 is 0 Å². The summed E-state index contributed by atoms with van der Waals surface area (Å²) in [5.41, 5.74) is 0. The zero-order valence-electron chi connectivity index (χ0n) is 12.1. The molecule has 2 aliphatic carbocycles. The third-order valence-corrected chi connectivity index (χ3v) is 4.92. The molecule has 2 fully saturated rings. The van der Waals surface area contributed by atoms with Crippen LogP contribution in [-0.4, -0.2) is 25.2 Å². The van der Waals surface area contributed by atoms with E-state index < -0.39 is 0 Å². The van der Waals surface area contributed by atoms with E-state index in [0.29, 0.717) is 11.8 Å². The fourth-order valence-corrected chi connectivity index (χ4v) is 4.05. The number of hydrogen-bond donors (Lipinski definition) is 0. The molecule has 0 N–H and O–H groups in total. The van der Waals surface area contributed by atoms with E-state index in [1.807, 2.05) is 0 Å². The van der Waals surface area contributed by atoms with Crippen molar-refractivity contribution >= 4 is 11.9 Å². The van der Waals surface area contributed by atoms with Gasteiger partial charge in [0.25, 0.3) is 0 Å². The van der Waals surface area contributed by atoms with Crippen molar-refractivity contribution in [1.29, 1.82) is 0 Å². The van der Waals surface area contributed by atoms with Crippen molar-refractivity contribution in [2.45, 2.75) is 52.1 Å². The predicted octanol–water partition coefficient (Wildman–Crippen LogP) is 2.55. The Morgan fingerprint density at radius 3 is 2.47 bits per heavy atom. The Morgan fingerprint density at radius 2 is 1.84 bits per heavy atom. The smallest absolute Gasteiger partial charge is 0.312 e. The maximum absolute atomic E-state index is 12.0. The van der Waals surface area contributed by atoms with Gasteiger partial charge in [0.05, 0.1) is 13.0 Å². The van der Waals surface area contributed by atoms with Gasteiger partial charge in [-0.3, -0.25) is 9.59 Å². The summed E-state index contributed by atoms with van der Waals surface area (Å²) in [5.74, 6) is 0.580. The molecular formula is C15H24O4. The highest BCUT2D eigenvalue weighted by Crippen LogP contribution is 2.47. The minimum absolute atomic E-state index is 0.234. The normalized spacial score (nSPS) is 38.2. The van der Waals surface area contributed by atoms with Crippen LogP contribution in [0.2, 0.25) is 0 Å². The summed E-state index contributed by atoms with van der Waals surface area (Å²) >= 11 is 0. The Bertz CT molecular complexity index is 352. The first-order valence-electron chi connectivity index (χ1n) is 7.29. The first-order valence-corrected chi connectivity index (χ1v) is 7.29. The van der Waals surface area contributed by atoms with Crippen LogP contribution in [0.5, 0.6) is 0 Å². The lowest BCUT2D eigenvalue weighted by Gasteiger charge is -2.46. The second-order valence-electron chi connectivity index (χ2n) is 6.01. The van der Waals surface area contributed by atoms with Crippen LogP contribution in [0.4, 0.5) is 0 Å². The third kappa shape index (κ3) is 2.93. The van der Waals surface area contributed by atoms with Crippen LogP contribution in [0.1, 0.15) is 46.0 Å². The van der Waals surface area contributed by atoms with Gasteiger partial charge in [-0.05, 0) is 30.6 Å². The van der Waals surface area contributed by atoms with Crippen molar-refractivity contribution in [3.63, 3.8) is 0 Å². The molecule has 4 heteroatoms. The number of carbonyl (C=O) groups excluding carboxylic acids is 2. The largest absolute Gasteiger partial charge is 0.469 e. The molecule has 0 aromatic heterocycles. The summed E-state index contributed by atoms with van der Waals surface area (Å²) in [6.07, 6.45) is 5.37. The Kier molecular flexibility index (Phi) is 4.48. The van der Waals surface area contributed by atoms with Crippen LogP contribution in [0.3, 0.4) is 0 Å². The topological polar surface area (TPSA) is 52.6 Å². The van der Waals surface area contributed by atoms with Crippen LogP contribution >= 0.6 is 0 Å². The standard InChI is InChI=1S/C15H24O4/c1-9-12-7-5-4-6-11(12)8-13(15(17)18-3)14(9)19-10(2)16/h9,11-14H,4-8H2,1-3H3. The zero-order valence-corrected chi connectivity index (χ0v) is 12.1. The zero-order chi connectivity index (χ0) is 14.0. The number of rotatable bonds is 2. The van der Waals surface area contributed by atoms with Gasteiger partial charge in [-0.2, -0.15) is 0 Å². The van der Waals surface area contributed by atoms with E-state index in [2.05, 4.69) is 6.92 Å². The first kappa shape index (κ1) is 14.4. The van der Waals surface area contributed by atoms with Gasteiger partial charge in [0.1, 0.15) is 6.10 Å². The monoisotopic (exact) mass is 268 g/mol. The molecule has 2 saturated carbocycles. The summed E-state index contributed by atoms with van der Waals surface area (Å²) in [7, 11) is 1.41. The van der Waals surface area contributed by atoms with Crippen LogP contribution in [0.25, 0.3) is 0 Å². The van der Waals surface area contributed by atoms with Gasteiger partial charge in [-0.25, -0.2) is 0 Å². The number of methoxy groups -OCH3 is 1. The number of hydrogen-bond acceptors (Lipinski definition) is 4. The molecule has 2 rings (SSSR count). The Labute approximate surface area is 114 Å². The molecule has 0 saturated heterocycles. The lowest BCUT2D eigenvalue weighted by atomic mass is 9.61. The van der Waals surface area contributed by atoms with E-state index in [0.717, 1.165) is 6.42 Å². The summed E-state index contributed by atoms with van der Waals surface area (Å²) < 4.78 is 10.3. The molecule has 0 radical (unpaired) electrons. The van der Waals surface area contributed by atoms with E-state index in [9.17, 15) is 9.59 Å². The van der Waals surface area contributed by atoms with Gasteiger partial charge in [-0.1, -0.05) is 26.2 Å². The van der Waals surface area contributed by atoms with Crippen molar-refractivity contribution in [3.8, 4) is 0 Å². The molecular weight excluding hydrogens is 244 g/mol. The Balaban J connectivity index is 2.19. The number of esters is 2. The van der Waals surface area contributed by atoms with Crippen molar-refractivity contribution in [3.05, 3.63) is 0 Å². The van der Waals surface area contributed by atoms with Gasteiger partial charge >= 0.3 is 11.9 Å². The molecule has 5 atom stereocenters. The van der Waals surface area contributed by atoms with Crippen molar-refractivity contribution in [2.24, 2.45) is 23.7 Å². The van der Waals surface area contributed by atoms with Crippen LogP contribution in [0.15, 0.2) is 0 Å². The maximum atomic E-state index is 12.0. The molecule has 5 unspecified atom stereocenters. The molecule has 0 spiro atoms. The minimum atomic E-state index is -0.315. The fourth-order valence-electron chi connectivity index (χ4n) is 4.05. The van der Waals surface area contributed by atoms with Crippen LogP contribution < -0.4 is 0 Å². The first-order chi connectivity index (χ1) is 9.04. The molecule has 0 aromatic rings. The highest BCUT2D eigenvalue weighted by atomic mass is 16.6. The average molecular weight is 268 g/mol. The van der Waals surface area contributed by atoms with Crippen molar-refractivity contribution in [2.75, 3.05) is 7.11 Å². The van der Waals surface area contributed by atoms with E-state index in [1.54, 1.807) is 0 Å². The van der Waals surface area contributed by atoms with Gasteiger partial charge in [0, 0.05) is 6.92 Å². The molecule has 4 nitrogen and oxygen atoms in total. The second-order valence-corrected chi connectivity index (χ2v) is 6.01. The maximum Gasteiger partial charge on any atom is 0.312 e. The van der Waals surface area contributed by atoms with E-state index in [-0.39, 0.29) is 29.9 Å². The Hall–Kier alpha value is -1.06. The van der Waals surface area contributed by atoms with Crippen LogP contribution in [-0.2, 0) is 19.1 Å².